The lowest BCUT2D eigenvalue weighted by Gasteiger charge is -2.34. The highest BCUT2D eigenvalue weighted by Crippen LogP contribution is 2.28. The van der Waals surface area contributed by atoms with E-state index in [1.807, 2.05) is 13.8 Å². The molecule has 0 aromatic heterocycles. The number of hydrogen-bond acceptors (Lipinski definition) is 4. The van der Waals surface area contributed by atoms with E-state index in [0.29, 0.717) is 12.4 Å². The molecule has 0 aliphatic rings. The Bertz CT molecular complexity index is 261. The Morgan fingerprint density at radius 2 is 1.74 bits per heavy atom. The molecule has 0 heterocycles. The molecule has 6 heteroatoms. The van der Waals surface area contributed by atoms with Gasteiger partial charge in [0.05, 0.1) is 12.7 Å². The molecule has 19 heavy (non-hydrogen) atoms. The second-order valence-electron chi connectivity index (χ2n) is 7.08. The Kier molecular flexibility index (Phi) is 8.11. The Balaban J connectivity index is 4.24. The van der Waals surface area contributed by atoms with Gasteiger partial charge in [0.25, 0.3) is 0 Å². The van der Waals surface area contributed by atoms with Crippen molar-refractivity contribution in [3.05, 3.63) is 0 Å². The minimum atomic E-state index is -0.320. The van der Waals surface area contributed by atoms with E-state index in [1.165, 1.54) is 0 Å². The van der Waals surface area contributed by atoms with E-state index in [2.05, 4.69) is 42.5 Å². The maximum atomic E-state index is 6.11. The highest BCUT2D eigenvalue weighted by molar-refractivity contribution is 8.02. The third kappa shape index (κ3) is 10.8. The van der Waals surface area contributed by atoms with Gasteiger partial charge in [-0.3, -0.25) is 5.73 Å². The molecular weight excluding hydrogens is 256 g/mol. The van der Waals surface area contributed by atoms with Crippen LogP contribution in [0.4, 0.5) is 0 Å². The molecule has 0 aliphatic heterocycles. The SMILES string of the molecule is BC(C)(COC(C)C)SC(N)OC(C)(C)BC(C)C. The predicted molar refractivity (Wildman–Crippen MR) is 91.0 cm³/mol. The van der Waals surface area contributed by atoms with Crippen molar-refractivity contribution in [2.75, 3.05) is 6.61 Å². The summed E-state index contributed by atoms with van der Waals surface area (Å²) in [4.78, 5) is 0. The zero-order valence-electron chi connectivity index (χ0n) is 13.9. The Hall–Kier alpha value is 0.360. The summed E-state index contributed by atoms with van der Waals surface area (Å²) in [6, 6.07) is 0. The lowest BCUT2D eigenvalue weighted by Crippen LogP contribution is -2.43. The van der Waals surface area contributed by atoms with Crippen LogP contribution >= 0.6 is 11.8 Å². The molecule has 0 aromatic rings. The van der Waals surface area contributed by atoms with Gasteiger partial charge in [-0.2, -0.15) is 0 Å². The fourth-order valence-electron chi connectivity index (χ4n) is 2.09. The van der Waals surface area contributed by atoms with Gasteiger partial charge in [0, 0.05) is 10.1 Å². The maximum Gasteiger partial charge on any atom is 0.163 e. The minimum Gasteiger partial charge on any atom is -0.378 e. The summed E-state index contributed by atoms with van der Waals surface area (Å²) in [5.74, 6) is 0.601. The van der Waals surface area contributed by atoms with Gasteiger partial charge in [-0.1, -0.05) is 26.6 Å². The first-order valence-corrected chi connectivity index (χ1v) is 8.04. The highest BCUT2D eigenvalue weighted by Gasteiger charge is 2.29. The summed E-state index contributed by atoms with van der Waals surface area (Å²) in [5.41, 5.74) is 5.61. The maximum absolute atomic E-state index is 6.11. The van der Waals surface area contributed by atoms with E-state index in [1.54, 1.807) is 11.8 Å². The van der Waals surface area contributed by atoms with Crippen LogP contribution in [-0.2, 0) is 9.47 Å². The van der Waals surface area contributed by atoms with E-state index < -0.39 is 0 Å². The third-order valence-corrected chi connectivity index (χ3v) is 3.62. The van der Waals surface area contributed by atoms with E-state index >= 15 is 0 Å². The van der Waals surface area contributed by atoms with Crippen LogP contribution in [-0.4, -0.2) is 43.5 Å². The normalized spacial score (nSPS) is 17.6. The van der Waals surface area contributed by atoms with E-state index in [4.69, 9.17) is 15.2 Å². The zero-order chi connectivity index (χ0) is 15.3. The molecule has 0 fully saturated rings. The number of rotatable bonds is 9. The Morgan fingerprint density at radius 1 is 1.21 bits per heavy atom. The van der Waals surface area contributed by atoms with Crippen molar-refractivity contribution in [2.45, 2.75) is 76.1 Å². The van der Waals surface area contributed by atoms with Crippen LogP contribution in [0.5, 0.6) is 0 Å². The van der Waals surface area contributed by atoms with Crippen molar-refractivity contribution in [3.63, 3.8) is 0 Å². The second kappa shape index (κ2) is 7.96. The topological polar surface area (TPSA) is 44.5 Å². The Labute approximate surface area is 125 Å². The monoisotopic (exact) mass is 287 g/mol. The van der Waals surface area contributed by atoms with Crippen LogP contribution in [0, 0.1) is 0 Å². The first kappa shape index (κ1) is 19.4. The average Bonchev–Trinajstić information content (AvgIpc) is 2.09. The van der Waals surface area contributed by atoms with Crippen molar-refractivity contribution in [1.29, 1.82) is 0 Å². The van der Waals surface area contributed by atoms with Crippen LogP contribution in [0.2, 0.25) is 5.82 Å². The van der Waals surface area contributed by atoms with Crippen molar-refractivity contribution in [3.8, 4) is 0 Å². The number of hydrogen-bond donors (Lipinski definition) is 1. The smallest absolute Gasteiger partial charge is 0.163 e. The van der Waals surface area contributed by atoms with Crippen LogP contribution < -0.4 is 5.73 Å². The summed E-state index contributed by atoms with van der Waals surface area (Å²) in [5, 5.41) is 0. The fourth-order valence-corrected chi connectivity index (χ4v) is 3.16. The van der Waals surface area contributed by atoms with Crippen molar-refractivity contribution in [1.82, 2.24) is 0 Å². The van der Waals surface area contributed by atoms with E-state index in [-0.39, 0.29) is 21.8 Å². The van der Waals surface area contributed by atoms with Crippen LogP contribution in [0.3, 0.4) is 0 Å². The standard InChI is InChI=1S/C13H31B2NO2S/c1-9(2)15-12(5,6)18-11(16)19-13(7,14)8-17-10(3)4/h9-11,15H,8,14,16H2,1-7H3. The molecular formula is C13H31B2NO2S. The molecule has 3 nitrogen and oxygen atoms in total. The molecule has 0 amide bonds. The van der Waals surface area contributed by atoms with Gasteiger partial charge in [-0.25, -0.2) is 0 Å². The molecule has 2 unspecified atom stereocenters. The third-order valence-electron chi connectivity index (χ3n) is 2.53. The average molecular weight is 287 g/mol. The second-order valence-corrected chi connectivity index (χ2v) is 8.89. The lowest BCUT2D eigenvalue weighted by molar-refractivity contribution is 0.0255. The number of nitrogens with two attached hydrogens (primary N) is 1. The summed E-state index contributed by atoms with van der Waals surface area (Å²) >= 11 is 1.63. The van der Waals surface area contributed by atoms with Crippen molar-refractivity contribution in [2.24, 2.45) is 5.73 Å². The number of thioether (sulfide) groups is 1. The predicted octanol–water partition coefficient (Wildman–Crippen LogP) is 1.75. The van der Waals surface area contributed by atoms with Crippen LogP contribution in [0.1, 0.15) is 48.5 Å². The van der Waals surface area contributed by atoms with Crippen molar-refractivity contribution >= 4 is 26.9 Å². The quantitative estimate of drug-likeness (QED) is 0.518. The summed E-state index contributed by atoms with van der Waals surface area (Å²) in [6.45, 7) is 15.5. The van der Waals surface area contributed by atoms with E-state index in [0.717, 1.165) is 7.28 Å². The van der Waals surface area contributed by atoms with E-state index in [9.17, 15) is 0 Å². The summed E-state index contributed by atoms with van der Waals surface area (Å²) in [6.07, 6.45) is 0.245. The molecule has 2 N–H and O–H groups in total. The molecule has 0 saturated heterocycles. The summed E-state index contributed by atoms with van der Waals surface area (Å²) < 4.78 is 11.6. The molecule has 0 spiro atoms. The minimum absolute atomic E-state index is 0.0441. The van der Waals surface area contributed by atoms with Gasteiger partial charge >= 0.3 is 0 Å². The molecule has 0 saturated carbocycles. The molecule has 0 aromatic carbocycles. The van der Waals surface area contributed by atoms with Crippen molar-refractivity contribution < 1.29 is 9.47 Å². The first-order valence-electron chi connectivity index (χ1n) is 7.16. The zero-order valence-corrected chi connectivity index (χ0v) is 14.8. The fraction of sp³-hybridized carbons (Fsp3) is 1.00. The van der Waals surface area contributed by atoms with Gasteiger partial charge in [-0.05, 0) is 27.7 Å². The van der Waals surface area contributed by atoms with Gasteiger partial charge in [0.1, 0.15) is 7.85 Å². The van der Waals surface area contributed by atoms with Gasteiger partial charge in [-0.15, -0.1) is 11.8 Å². The summed E-state index contributed by atoms with van der Waals surface area (Å²) in [7, 11) is 3.14. The van der Waals surface area contributed by atoms with Gasteiger partial charge in [0.15, 0.2) is 12.8 Å². The highest BCUT2D eigenvalue weighted by atomic mass is 32.2. The number of ether oxygens (including phenoxy) is 2. The largest absolute Gasteiger partial charge is 0.378 e. The van der Waals surface area contributed by atoms with Crippen LogP contribution in [0.25, 0.3) is 0 Å². The molecule has 0 radical (unpaired) electrons. The lowest BCUT2D eigenvalue weighted by atomic mass is 9.54. The van der Waals surface area contributed by atoms with Gasteiger partial charge < -0.3 is 9.47 Å². The molecule has 0 aliphatic carbocycles. The van der Waals surface area contributed by atoms with Crippen LogP contribution in [0.15, 0.2) is 0 Å². The molecule has 0 rings (SSSR count). The Morgan fingerprint density at radius 3 is 2.16 bits per heavy atom. The molecule has 0 bridgehead atoms. The first-order chi connectivity index (χ1) is 8.43. The molecule has 2 atom stereocenters. The molecule has 112 valence electrons. The van der Waals surface area contributed by atoms with Gasteiger partial charge in [0.2, 0.25) is 0 Å².